The first-order chi connectivity index (χ1) is 7.68. The molecule has 2 atom stereocenters. The first-order valence-corrected chi connectivity index (χ1v) is 5.91. The van der Waals surface area contributed by atoms with Gasteiger partial charge in [0.25, 0.3) is 0 Å². The zero-order chi connectivity index (χ0) is 11.5. The Labute approximate surface area is 95.1 Å². The smallest absolute Gasteiger partial charge is 0.342 e. The van der Waals surface area contributed by atoms with E-state index in [-0.39, 0.29) is 23.8 Å². The van der Waals surface area contributed by atoms with Gasteiger partial charge in [-0.05, 0) is 39.2 Å². The lowest BCUT2D eigenvalue weighted by atomic mass is 10.2. The van der Waals surface area contributed by atoms with Crippen molar-refractivity contribution in [2.45, 2.75) is 44.7 Å². The van der Waals surface area contributed by atoms with Gasteiger partial charge in [0.1, 0.15) is 17.9 Å². The number of hydroxylamine groups is 2. The summed E-state index contributed by atoms with van der Waals surface area (Å²) >= 11 is 0. The summed E-state index contributed by atoms with van der Waals surface area (Å²) in [7, 11) is 0. The maximum Gasteiger partial charge on any atom is 0.342 e. The van der Waals surface area contributed by atoms with Crippen molar-refractivity contribution < 1.29 is 14.4 Å². The maximum atomic E-state index is 11.7. The molecule has 0 aromatic carbocycles. The number of carbonyl (C=O) groups excluding carboxylic acids is 2. The lowest BCUT2D eigenvalue weighted by Crippen LogP contribution is -2.42. The molecule has 2 rings (SSSR count). The van der Waals surface area contributed by atoms with E-state index in [1.807, 2.05) is 0 Å². The van der Waals surface area contributed by atoms with Crippen LogP contribution in [0.2, 0.25) is 0 Å². The fourth-order valence-corrected chi connectivity index (χ4v) is 2.32. The van der Waals surface area contributed by atoms with Crippen molar-refractivity contribution in [2.75, 3.05) is 13.1 Å². The van der Waals surface area contributed by atoms with Gasteiger partial charge in [-0.15, -0.1) is 5.06 Å². The average molecular weight is 226 g/mol. The van der Waals surface area contributed by atoms with Crippen molar-refractivity contribution in [1.82, 2.24) is 10.4 Å². The molecule has 2 saturated heterocycles. The van der Waals surface area contributed by atoms with Gasteiger partial charge in [0.15, 0.2) is 0 Å². The minimum Gasteiger partial charge on any atom is -0.366 e. The van der Waals surface area contributed by atoms with E-state index in [1.54, 1.807) is 12.0 Å². The van der Waals surface area contributed by atoms with E-state index in [9.17, 15) is 9.59 Å². The third kappa shape index (κ3) is 2.41. The number of hydrogen-bond acceptors (Lipinski definition) is 5. The van der Waals surface area contributed by atoms with E-state index < -0.39 is 0 Å². The number of rotatable bonds is 3. The van der Waals surface area contributed by atoms with Gasteiger partial charge in [-0.25, -0.2) is 4.79 Å². The number of ketones is 1. The van der Waals surface area contributed by atoms with Crippen LogP contribution in [0.5, 0.6) is 0 Å². The summed E-state index contributed by atoms with van der Waals surface area (Å²) in [5.74, 6) is -0.171. The second kappa shape index (κ2) is 4.93. The molecule has 2 fully saturated rings. The van der Waals surface area contributed by atoms with Crippen molar-refractivity contribution in [2.24, 2.45) is 0 Å². The molecule has 0 radical (unpaired) electrons. The Morgan fingerprint density at radius 2 is 2.12 bits per heavy atom. The van der Waals surface area contributed by atoms with E-state index in [2.05, 4.69) is 5.32 Å². The van der Waals surface area contributed by atoms with Crippen LogP contribution in [-0.4, -0.2) is 42.0 Å². The maximum absolute atomic E-state index is 11.7. The van der Waals surface area contributed by atoms with E-state index in [0.29, 0.717) is 6.54 Å². The van der Waals surface area contributed by atoms with Gasteiger partial charge in [-0.2, -0.15) is 0 Å². The minimum absolute atomic E-state index is 0.0738. The van der Waals surface area contributed by atoms with Crippen LogP contribution in [0.1, 0.15) is 32.6 Å². The lowest BCUT2D eigenvalue weighted by Gasteiger charge is -2.22. The Morgan fingerprint density at radius 3 is 2.75 bits per heavy atom. The largest absolute Gasteiger partial charge is 0.366 e. The predicted molar refractivity (Wildman–Crippen MR) is 57.5 cm³/mol. The highest BCUT2D eigenvalue weighted by Crippen LogP contribution is 2.19. The van der Waals surface area contributed by atoms with Crippen LogP contribution in [-0.2, 0) is 14.4 Å². The molecule has 0 aromatic rings. The van der Waals surface area contributed by atoms with Gasteiger partial charge in [-0.1, -0.05) is 0 Å². The van der Waals surface area contributed by atoms with Crippen LogP contribution in [0.3, 0.4) is 0 Å². The Hall–Kier alpha value is -0.940. The molecule has 0 amide bonds. The molecule has 5 heteroatoms. The van der Waals surface area contributed by atoms with E-state index in [4.69, 9.17) is 4.84 Å². The Morgan fingerprint density at radius 1 is 1.31 bits per heavy atom. The highest BCUT2D eigenvalue weighted by Gasteiger charge is 2.33. The molecule has 2 heterocycles. The third-order valence-corrected chi connectivity index (χ3v) is 3.23. The standard InChI is InChI=1S/C11H18N2O3/c1-8(14)10-5-3-7-13(10)16-11(15)9-4-2-6-12-9/h9-10,12H,2-7H2,1H3/t9-,10?/m0/s1. The monoisotopic (exact) mass is 226 g/mol. The summed E-state index contributed by atoms with van der Waals surface area (Å²) in [6.45, 7) is 3.09. The van der Waals surface area contributed by atoms with Crippen molar-refractivity contribution >= 4 is 11.8 Å². The predicted octanol–water partition coefficient (Wildman–Crippen LogP) is 0.250. The minimum atomic E-state index is -0.245. The molecule has 0 spiro atoms. The second-order valence-electron chi connectivity index (χ2n) is 4.47. The normalized spacial score (nSPS) is 30.6. The van der Waals surface area contributed by atoms with Gasteiger partial charge in [-0.3, -0.25) is 4.79 Å². The van der Waals surface area contributed by atoms with Gasteiger partial charge in [0.05, 0.1) is 0 Å². The molecule has 2 aliphatic rings. The highest BCUT2D eigenvalue weighted by atomic mass is 16.7. The summed E-state index contributed by atoms with van der Waals surface area (Å²) < 4.78 is 0. The van der Waals surface area contributed by atoms with Gasteiger partial charge < -0.3 is 10.2 Å². The second-order valence-corrected chi connectivity index (χ2v) is 4.47. The summed E-state index contributed by atoms with van der Waals surface area (Å²) in [6.07, 6.45) is 3.55. The Bertz CT molecular complexity index is 287. The number of nitrogens with one attached hydrogen (secondary N) is 1. The molecule has 2 aliphatic heterocycles. The lowest BCUT2D eigenvalue weighted by molar-refractivity contribution is -0.196. The average Bonchev–Trinajstić information content (AvgIpc) is 2.86. The topological polar surface area (TPSA) is 58.6 Å². The zero-order valence-corrected chi connectivity index (χ0v) is 9.57. The fourth-order valence-electron chi connectivity index (χ4n) is 2.32. The SMILES string of the molecule is CC(=O)C1CCCN1OC(=O)[C@@H]1CCCN1. The van der Waals surface area contributed by atoms with Gasteiger partial charge in [0.2, 0.25) is 0 Å². The molecule has 1 N–H and O–H groups in total. The van der Waals surface area contributed by atoms with Crippen molar-refractivity contribution in [3.05, 3.63) is 0 Å². The summed E-state index contributed by atoms with van der Waals surface area (Å²) in [5, 5.41) is 4.63. The van der Waals surface area contributed by atoms with Crippen molar-refractivity contribution in [3.63, 3.8) is 0 Å². The summed E-state index contributed by atoms with van der Waals surface area (Å²) in [5.41, 5.74) is 0. The molecule has 0 aliphatic carbocycles. The Balaban J connectivity index is 1.88. The fraction of sp³-hybridized carbons (Fsp3) is 0.818. The first kappa shape index (κ1) is 11.5. The van der Waals surface area contributed by atoms with Crippen LogP contribution < -0.4 is 5.32 Å². The van der Waals surface area contributed by atoms with E-state index >= 15 is 0 Å². The molecule has 90 valence electrons. The molecule has 0 bridgehead atoms. The van der Waals surface area contributed by atoms with Crippen LogP contribution in [0.4, 0.5) is 0 Å². The quantitative estimate of drug-likeness (QED) is 0.747. The molecule has 1 unspecified atom stereocenters. The zero-order valence-electron chi connectivity index (χ0n) is 9.57. The summed E-state index contributed by atoms with van der Waals surface area (Å²) in [4.78, 5) is 28.3. The van der Waals surface area contributed by atoms with Gasteiger partial charge >= 0.3 is 5.97 Å². The molecule has 5 nitrogen and oxygen atoms in total. The van der Waals surface area contributed by atoms with Crippen LogP contribution in [0.15, 0.2) is 0 Å². The molecule has 0 saturated carbocycles. The number of carbonyl (C=O) groups is 2. The third-order valence-electron chi connectivity index (χ3n) is 3.23. The van der Waals surface area contributed by atoms with Gasteiger partial charge in [0, 0.05) is 6.54 Å². The van der Waals surface area contributed by atoms with Crippen molar-refractivity contribution in [3.8, 4) is 0 Å². The summed E-state index contributed by atoms with van der Waals surface area (Å²) in [6, 6.07) is -0.418. The Kier molecular flexibility index (Phi) is 3.56. The number of nitrogens with zero attached hydrogens (tertiary/aromatic N) is 1. The number of Topliss-reactive ketones (excluding diaryl/α,β-unsaturated/α-hetero) is 1. The van der Waals surface area contributed by atoms with Crippen LogP contribution in [0, 0.1) is 0 Å². The van der Waals surface area contributed by atoms with Crippen LogP contribution in [0.25, 0.3) is 0 Å². The van der Waals surface area contributed by atoms with E-state index in [0.717, 1.165) is 32.2 Å². The van der Waals surface area contributed by atoms with Crippen LogP contribution >= 0.6 is 0 Å². The van der Waals surface area contributed by atoms with Crippen molar-refractivity contribution in [1.29, 1.82) is 0 Å². The number of hydrogen-bond donors (Lipinski definition) is 1. The first-order valence-electron chi connectivity index (χ1n) is 5.91. The molecule has 16 heavy (non-hydrogen) atoms. The van der Waals surface area contributed by atoms with E-state index in [1.165, 1.54) is 0 Å². The molecule has 0 aromatic heterocycles. The molecular formula is C11H18N2O3. The highest BCUT2D eigenvalue weighted by molar-refractivity contribution is 5.82. The molecular weight excluding hydrogens is 208 g/mol.